The Hall–Kier alpha value is -3.74. The Morgan fingerprint density at radius 3 is 2.52 bits per heavy atom. The molecular weight excluding hydrogens is 364 g/mol. The number of H-pyrrole nitrogens is 1. The van der Waals surface area contributed by atoms with Crippen molar-refractivity contribution < 1.29 is 4.79 Å². The summed E-state index contributed by atoms with van der Waals surface area (Å²) in [6.45, 7) is 1.99. The van der Waals surface area contributed by atoms with Gasteiger partial charge < -0.3 is 5.32 Å². The zero-order valence-corrected chi connectivity index (χ0v) is 16.0. The van der Waals surface area contributed by atoms with Crippen LogP contribution in [0.15, 0.2) is 60.9 Å². The van der Waals surface area contributed by atoms with Crippen LogP contribution in [-0.2, 0) is 0 Å². The summed E-state index contributed by atoms with van der Waals surface area (Å²) in [5, 5.41) is 14.5. The number of hydrogen-bond donors (Lipinski definition) is 2. The number of hydrogen-bond acceptors (Lipinski definition) is 4. The molecule has 0 unspecified atom stereocenters. The molecule has 0 spiro atoms. The van der Waals surface area contributed by atoms with Crippen LogP contribution in [0, 0.1) is 6.92 Å². The number of nitrogens with one attached hydrogen (secondary N) is 2. The molecule has 0 aliphatic heterocycles. The van der Waals surface area contributed by atoms with Crippen LogP contribution in [0.3, 0.4) is 0 Å². The van der Waals surface area contributed by atoms with Crippen molar-refractivity contribution in [1.82, 2.24) is 25.0 Å². The Morgan fingerprint density at radius 2 is 1.86 bits per heavy atom. The molecule has 2 aromatic heterocycles. The summed E-state index contributed by atoms with van der Waals surface area (Å²) in [4.78, 5) is 17.1. The third-order valence-electron chi connectivity index (χ3n) is 4.97. The van der Waals surface area contributed by atoms with Crippen molar-refractivity contribution in [3.05, 3.63) is 77.9 Å². The normalized spacial score (nSPS) is 13.4. The lowest BCUT2D eigenvalue weighted by molar-refractivity contribution is 0.102. The highest BCUT2D eigenvalue weighted by atomic mass is 16.1. The van der Waals surface area contributed by atoms with Crippen molar-refractivity contribution >= 4 is 11.6 Å². The molecule has 2 N–H and O–H groups in total. The van der Waals surface area contributed by atoms with E-state index in [-0.39, 0.29) is 5.91 Å². The molecule has 144 valence electrons. The van der Waals surface area contributed by atoms with E-state index in [9.17, 15) is 4.79 Å². The van der Waals surface area contributed by atoms with Gasteiger partial charge in [-0.3, -0.25) is 9.89 Å². The highest BCUT2D eigenvalue weighted by Crippen LogP contribution is 2.38. The van der Waals surface area contributed by atoms with Crippen LogP contribution in [0.5, 0.6) is 0 Å². The van der Waals surface area contributed by atoms with Gasteiger partial charge in [0, 0.05) is 28.9 Å². The van der Waals surface area contributed by atoms with Gasteiger partial charge in [0.1, 0.15) is 5.82 Å². The van der Waals surface area contributed by atoms with Gasteiger partial charge >= 0.3 is 0 Å². The average Bonchev–Trinajstić information content (AvgIpc) is 3.31. The van der Waals surface area contributed by atoms with Gasteiger partial charge in [-0.05, 0) is 73.9 Å². The van der Waals surface area contributed by atoms with Crippen molar-refractivity contribution in [2.75, 3.05) is 5.32 Å². The molecule has 4 aromatic rings. The second kappa shape index (κ2) is 7.01. The van der Waals surface area contributed by atoms with Crippen LogP contribution in [0.2, 0.25) is 0 Å². The maximum absolute atomic E-state index is 12.5. The van der Waals surface area contributed by atoms with Crippen molar-refractivity contribution in [2.24, 2.45) is 0 Å². The highest BCUT2D eigenvalue weighted by Gasteiger charge is 2.27. The Balaban J connectivity index is 1.26. The van der Waals surface area contributed by atoms with E-state index in [0.29, 0.717) is 17.3 Å². The molecule has 2 aromatic carbocycles. The van der Waals surface area contributed by atoms with E-state index in [2.05, 4.69) is 25.6 Å². The molecule has 0 radical (unpaired) electrons. The minimum absolute atomic E-state index is 0.158. The zero-order chi connectivity index (χ0) is 19.8. The number of nitrogens with zero attached hydrogens (tertiary/aromatic N) is 4. The molecule has 0 saturated heterocycles. The summed E-state index contributed by atoms with van der Waals surface area (Å²) in [7, 11) is 0. The van der Waals surface area contributed by atoms with Crippen LogP contribution >= 0.6 is 0 Å². The lowest BCUT2D eigenvalue weighted by Gasteiger charge is -2.07. The Morgan fingerprint density at radius 1 is 1.10 bits per heavy atom. The molecule has 5 rings (SSSR count). The van der Waals surface area contributed by atoms with Crippen molar-refractivity contribution in [2.45, 2.75) is 25.7 Å². The van der Waals surface area contributed by atoms with Crippen LogP contribution < -0.4 is 5.32 Å². The first kappa shape index (κ1) is 17.4. The Kier molecular flexibility index (Phi) is 4.20. The minimum atomic E-state index is -0.158. The molecule has 7 heteroatoms. The fraction of sp³-hybridized carbons (Fsp3) is 0.182. The van der Waals surface area contributed by atoms with Gasteiger partial charge in [0.2, 0.25) is 0 Å². The summed E-state index contributed by atoms with van der Waals surface area (Å²) in [6.07, 6.45) is 6.11. The fourth-order valence-electron chi connectivity index (χ4n) is 3.17. The number of amides is 1. The van der Waals surface area contributed by atoms with Gasteiger partial charge in [-0.1, -0.05) is 0 Å². The van der Waals surface area contributed by atoms with Gasteiger partial charge in [-0.15, -0.1) is 0 Å². The topological polar surface area (TPSA) is 88.5 Å². The molecule has 1 amide bonds. The molecule has 7 nitrogen and oxygen atoms in total. The summed E-state index contributed by atoms with van der Waals surface area (Å²) >= 11 is 0. The third kappa shape index (κ3) is 3.67. The molecule has 29 heavy (non-hydrogen) atoms. The average molecular weight is 384 g/mol. The number of benzene rings is 2. The van der Waals surface area contributed by atoms with E-state index in [1.54, 1.807) is 23.0 Å². The fourth-order valence-corrected chi connectivity index (χ4v) is 3.17. The summed E-state index contributed by atoms with van der Waals surface area (Å²) in [5.74, 6) is 2.04. The summed E-state index contributed by atoms with van der Waals surface area (Å²) < 4.78 is 1.79. The van der Waals surface area contributed by atoms with Crippen LogP contribution in [0.4, 0.5) is 5.69 Å². The second-order valence-electron chi connectivity index (χ2n) is 7.36. The van der Waals surface area contributed by atoms with Gasteiger partial charge in [0.15, 0.2) is 5.82 Å². The highest BCUT2D eigenvalue weighted by molar-refractivity contribution is 6.04. The number of anilines is 1. The van der Waals surface area contributed by atoms with Crippen molar-refractivity contribution in [3.63, 3.8) is 0 Å². The number of carbonyl (C=O) groups is 1. The van der Waals surface area contributed by atoms with Gasteiger partial charge in [-0.2, -0.15) is 10.2 Å². The van der Waals surface area contributed by atoms with Crippen molar-refractivity contribution in [3.8, 4) is 17.1 Å². The maximum Gasteiger partial charge on any atom is 0.255 e. The molecule has 0 bridgehead atoms. The Labute approximate surface area is 167 Å². The van der Waals surface area contributed by atoms with E-state index in [4.69, 9.17) is 0 Å². The second-order valence-corrected chi connectivity index (χ2v) is 7.36. The number of aryl methyl sites for hydroxylation is 1. The van der Waals surface area contributed by atoms with E-state index in [1.165, 1.54) is 12.8 Å². The monoisotopic (exact) mass is 384 g/mol. The molecular formula is C22H20N6O. The van der Waals surface area contributed by atoms with E-state index >= 15 is 0 Å². The first-order chi connectivity index (χ1) is 14.2. The smallest absolute Gasteiger partial charge is 0.255 e. The minimum Gasteiger partial charge on any atom is -0.322 e. The van der Waals surface area contributed by atoms with E-state index in [1.807, 2.05) is 49.5 Å². The zero-order valence-electron chi connectivity index (χ0n) is 16.0. The van der Waals surface area contributed by atoms with Crippen LogP contribution in [-0.4, -0.2) is 30.9 Å². The standard InChI is InChI=1S/C22H20N6O/c1-14-12-23-28(13-14)19-10-6-17(7-11-19)22(29)24-18-8-4-16(5-9-18)21-25-20(26-27-21)15-2-3-15/h4-13,15H,2-3H2,1H3,(H,24,29)(H,25,26,27). The molecule has 1 aliphatic rings. The first-order valence-corrected chi connectivity index (χ1v) is 9.61. The number of carbonyl (C=O) groups excluding carboxylic acids is 1. The predicted molar refractivity (Wildman–Crippen MR) is 110 cm³/mol. The molecule has 0 atom stereocenters. The van der Waals surface area contributed by atoms with Crippen molar-refractivity contribution in [1.29, 1.82) is 0 Å². The summed E-state index contributed by atoms with van der Waals surface area (Å²) in [6, 6.07) is 14.9. The molecule has 2 heterocycles. The van der Waals surface area contributed by atoms with E-state index < -0.39 is 0 Å². The molecule has 1 fully saturated rings. The van der Waals surface area contributed by atoms with Gasteiger partial charge in [0.05, 0.1) is 11.9 Å². The molecule has 1 saturated carbocycles. The summed E-state index contributed by atoms with van der Waals surface area (Å²) in [5.41, 5.74) is 4.23. The van der Waals surface area contributed by atoms with Crippen LogP contribution in [0.1, 0.15) is 40.5 Å². The lowest BCUT2D eigenvalue weighted by atomic mass is 10.1. The number of aromatic amines is 1. The quantitative estimate of drug-likeness (QED) is 0.542. The Bertz CT molecular complexity index is 1150. The van der Waals surface area contributed by atoms with Crippen LogP contribution in [0.25, 0.3) is 17.1 Å². The van der Waals surface area contributed by atoms with E-state index in [0.717, 1.165) is 28.3 Å². The predicted octanol–water partition coefficient (Wildman–Crippen LogP) is 4.10. The first-order valence-electron chi connectivity index (χ1n) is 9.61. The number of rotatable bonds is 5. The number of aromatic nitrogens is 5. The third-order valence-corrected chi connectivity index (χ3v) is 4.97. The molecule has 1 aliphatic carbocycles. The maximum atomic E-state index is 12.5. The largest absolute Gasteiger partial charge is 0.322 e. The van der Waals surface area contributed by atoms with Gasteiger partial charge in [0.25, 0.3) is 5.91 Å². The lowest BCUT2D eigenvalue weighted by Crippen LogP contribution is -2.11. The van der Waals surface area contributed by atoms with Gasteiger partial charge in [-0.25, -0.2) is 9.67 Å². The SMILES string of the molecule is Cc1cnn(-c2ccc(C(=O)Nc3ccc(-c4n[nH]c(C5CC5)n4)cc3)cc2)c1.